The maximum Gasteiger partial charge on any atom is 0.266 e. The lowest BCUT2D eigenvalue weighted by Gasteiger charge is -2.15. The van der Waals surface area contributed by atoms with Crippen LogP contribution in [0, 0.1) is 5.92 Å². The Hall–Kier alpha value is -3.58. The summed E-state index contributed by atoms with van der Waals surface area (Å²) in [5, 5.41) is 3.92. The van der Waals surface area contributed by atoms with Crippen LogP contribution in [-0.4, -0.2) is 29.1 Å². The predicted octanol–water partition coefficient (Wildman–Crippen LogP) is 5.07. The lowest BCUT2D eigenvalue weighted by Crippen LogP contribution is -2.27. The zero-order valence-corrected chi connectivity index (χ0v) is 20.3. The van der Waals surface area contributed by atoms with E-state index >= 15 is 0 Å². The van der Waals surface area contributed by atoms with Gasteiger partial charge in [0, 0.05) is 23.9 Å². The van der Waals surface area contributed by atoms with Gasteiger partial charge in [-0.3, -0.25) is 14.2 Å². The Kier molecular flexibility index (Phi) is 7.33. The summed E-state index contributed by atoms with van der Waals surface area (Å²) in [5.41, 5.74) is 2.59. The van der Waals surface area contributed by atoms with Crippen molar-refractivity contribution in [3.63, 3.8) is 0 Å². The average molecular weight is 474 g/mol. The number of methoxy groups -OCH3 is 1. The number of amides is 1. The number of hydrogen-bond acceptors (Lipinski definition) is 5. The van der Waals surface area contributed by atoms with E-state index in [0.29, 0.717) is 51.3 Å². The van der Waals surface area contributed by atoms with E-state index in [1.165, 1.54) is 11.8 Å². The quantitative estimate of drug-likeness (QED) is 0.286. The second-order valence-electron chi connectivity index (χ2n) is 8.35. The van der Waals surface area contributed by atoms with Gasteiger partial charge in [-0.2, -0.15) is 0 Å². The van der Waals surface area contributed by atoms with Crippen LogP contribution in [-0.2, 0) is 5.75 Å². The molecule has 0 saturated heterocycles. The van der Waals surface area contributed by atoms with Gasteiger partial charge in [-0.25, -0.2) is 4.98 Å². The predicted molar refractivity (Wildman–Crippen MR) is 137 cm³/mol. The number of carbonyl (C=O) groups excluding carboxylic acids is 1. The molecule has 0 fully saturated rings. The molecule has 4 aromatic rings. The summed E-state index contributed by atoms with van der Waals surface area (Å²) in [5.74, 6) is 1.48. The molecule has 1 amide bonds. The normalized spacial score (nSPS) is 11.1. The van der Waals surface area contributed by atoms with Crippen LogP contribution in [0.4, 0.5) is 0 Å². The zero-order valence-electron chi connectivity index (χ0n) is 19.4. The number of rotatable bonds is 8. The van der Waals surface area contributed by atoms with Gasteiger partial charge in [0.25, 0.3) is 11.5 Å². The average Bonchev–Trinajstić information content (AvgIpc) is 2.86. The third-order valence-electron chi connectivity index (χ3n) is 5.29. The highest BCUT2D eigenvalue weighted by molar-refractivity contribution is 7.98. The summed E-state index contributed by atoms with van der Waals surface area (Å²) in [6.07, 6.45) is 0. The van der Waals surface area contributed by atoms with Gasteiger partial charge in [0.05, 0.1) is 23.7 Å². The van der Waals surface area contributed by atoms with Crippen LogP contribution >= 0.6 is 11.8 Å². The Balaban J connectivity index is 1.81. The smallest absolute Gasteiger partial charge is 0.266 e. The third kappa shape index (κ3) is 5.31. The van der Waals surface area contributed by atoms with E-state index in [0.717, 1.165) is 5.56 Å². The number of hydrogen-bond donors (Lipinski definition) is 1. The van der Waals surface area contributed by atoms with Crippen molar-refractivity contribution in [1.29, 1.82) is 0 Å². The zero-order chi connectivity index (χ0) is 24.1. The Bertz CT molecular complexity index is 1370. The number of nitrogens with one attached hydrogen (secondary N) is 1. The fraction of sp³-hybridized carbons (Fsp3) is 0.222. The minimum absolute atomic E-state index is 0.173. The SMILES string of the molecule is COc1cccc(-n2c(SCc3ccccc3)nc3cc(C(=O)NCC(C)C)ccc3c2=O)c1. The number of aromatic nitrogens is 2. The molecule has 1 heterocycles. The Morgan fingerprint density at radius 2 is 1.85 bits per heavy atom. The van der Waals surface area contributed by atoms with Crippen molar-refractivity contribution in [2.24, 2.45) is 5.92 Å². The first-order valence-corrected chi connectivity index (χ1v) is 12.1. The first-order valence-electron chi connectivity index (χ1n) is 11.1. The molecule has 3 aromatic carbocycles. The lowest BCUT2D eigenvalue weighted by molar-refractivity contribution is 0.0949. The number of carbonyl (C=O) groups is 1. The van der Waals surface area contributed by atoms with Crippen molar-refractivity contribution in [1.82, 2.24) is 14.9 Å². The summed E-state index contributed by atoms with van der Waals surface area (Å²) in [6, 6.07) is 22.4. The fourth-order valence-corrected chi connectivity index (χ4v) is 4.47. The molecule has 1 N–H and O–H groups in total. The van der Waals surface area contributed by atoms with E-state index in [-0.39, 0.29) is 11.5 Å². The van der Waals surface area contributed by atoms with Crippen LogP contribution in [0.25, 0.3) is 16.6 Å². The number of thioether (sulfide) groups is 1. The Morgan fingerprint density at radius 3 is 2.59 bits per heavy atom. The van der Waals surface area contributed by atoms with Gasteiger partial charge in [0.2, 0.25) is 0 Å². The fourth-order valence-electron chi connectivity index (χ4n) is 3.50. The molecule has 0 spiro atoms. The molecule has 6 nitrogen and oxygen atoms in total. The summed E-state index contributed by atoms with van der Waals surface area (Å²) in [6.45, 7) is 4.67. The topological polar surface area (TPSA) is 73.2 Å². The van der Waals surface area contributed by atoms with Crippen molar-refractivity contribution in [2.75, 3.05) is 13.7 Å². The molecular formula is C27H27N3O3S. The van der Waals surface area contributed by atoms with Crippen molar-refractivity contribution in [2.45, 2.75) is 24.8 Å². The van der Waals surface area contributed by atoms with E-state index in [1.54, 1.807) is 29.9 Å². The molecular weight excluding hydrogens is 446 g/mol. The molecule has 0 aliphatic carbocycles. The van der Waals surface area contributed by atoms with E-state index in [9.17, 15) is 9.59 Å². The van der Waals surface area contributed by atoms with Crippen molar-refractivity contribution < 1.29 is 9.53 Å². The van der Waals surface area contributed by atoms with Crippen molar-refractivity contribution in [3.05, 3.63) is 94.3 Å². The molecule has 0 aliphatic rings. The van der Waals surface area contributed by atoms with Crippen molar-refractivity contribution >= 4 is 28.6 Å². The Morgan fingerprint density at radius 1 is 1.06 bits per heavy atom. The summed E-state index contributed by atoms with van der Waals surface area (Å²) in [7, 11) is 1.59. The van der Waals surface area contributed by atoms with Crippen LogP contribution in [0.15, 0.2) is 82.7 Å². The van der Waals surface area contributed by atoms with E-state index in [2.05, 4.69) is 5.32 Å². The van der Waals surface area contributed by atoms with Gasteiger partial charge in [0.15, 0.2) is 5.16 Å². The number of fused-ring (bicyclic) bond motifs is 1. The maximum atomic E-state index is 13.6. The monoisotopic (exact) mass is 473 g/mol. The molecule has 0 unspecified atom stereocenters. The molecule has 4 rings (SSSR count). The van der Waals surface area contributed by atoms with Crippen LogP contribution in [0.3, 0.4) is 0 Å². The standard InChI is InChI=1S/C27H27N3O3S/c1-18(2)16-28-25(31)20-12-13-23-24(14-20)29-27(34-17-19-8-5-4-6-9-19)30(26(23)32)21-10-7-11-22(15-21)33-3/h4-15,18H,16-17H2,1-3H3,(H,28,31). The highest BCUT2D eigenvalue weighted by atomic mass is 32.2. The third-order valence-corrected chi connectivity index (χ3v) is 6.30. The number of nitrogens with zero attached hydrogens (tertiary/aromatic N) is 2. The first kappa shape index (κ1) is 23.6. The van der Waals surface area contributed by atoms with Crippen LogP contribution in [0.5, 0.6) is 5.75 Å². The molecule has 174 valence electrons. The largest absolute Gasteiger partial charge is 0.497 e. The second-order valence-corrected chi connectivity index (χ2v) is 9.29. The van der Waals surface area contributed by atoms with E-state index in [4.69, 9.17) is 9.72 Å². The number of benzene rings is 3. The molecule has 0 atom stereocenters. The minimum Gasteiger partial charge on any atom is -0.497 e. The van der Waals surface area contributed by atoms with Crippen molar-refractivity contribution in [3.8, 4) is 11.4 Å². The molecule has 0 bridgehead atoms. The highest BCUT2D eigenvalue weighted by Crippen LogP contribution is 2.26. The molecule has 0 radical (unpaired) electrons. The molecule has 7 heteroatoms. The minimum atomic E-state index is -0.192. The highest BCUT2D eigenvalue weighted by Gasteiger charge is 2.16. The molecule has 34 heavy (non-hydrogen) atoms. The summed E-state index contributed by atoms with van der Waals surface area (Å²) >= 11 is 1.48. The van der Waals surface area contributed by atoms with E-state index in [1.807, 2.05) is 68.4 Å². The van der Waals surface area contributed by atoms with Gasteiger partial charge >= 0.3 is 0 Å². The molecule has 0 saturated carbocycles. The van der Waals surface area contributed by atoms with E-state index < -0.39 is 0 Å². The van der Waals surface area contributed by atoms with Crippen LogP contribution < -0.4 is 15.6 Å². The van der Waals surface area contributed by atoms with Gasteiger partial charge in [-0.15, -0.1) is 0 Å². The first-order chi connectivity index (χ1) is 16.5. The second kappa shape index (κ2) is 10.6. The maximum absolute atomic E-state index is 13.6. The lowest BCUT2D eigenvalue weighted by atomic mass is 10.1. The molecule has 0 aliphatic heterocycles. The van der Waals surface area contributed by atoms with Gasteiger partial charge in [0.1, 0.15) is 5.75 Å². The number of ether oxygens (including phenoxy) is 1. The van der Waals surface area contributed by atoms with Gasteiger partial charge < -0.3 is 10.1 Å². The summed E-state index contributed by atoms with van der Waals surface area (Å²) in [4.78, 5) is 31.0. The van der Waals surface area contributed by atoms with Crippen LogP contribution in [0.2, 0.25) is 0 Å². The van der Waals surface area contributed by atoms with Gasteiger partial charge in [-0.05, 0) is 41.8 Å². The van der Waals surface area contributed by atoms with Crippen LogP contribution in [0.1, 0.15) is 29.8 Å². The Labute approximate surface area is 203 Å². The van der Waals surface area contributed by atoms with Gasteiger partial charge in [-0.1, -0.05) is 62.0 Å². The molecule has 1 aromatic heterocycles. The summed E-state index contributed by atoms with van der Waals surface area (Å²) < 4.78 is 6.98.